The standard InChI is InChI=1S/C26H28N3.C23H16O6.CH3O5P.3Na/c1-19-17-21(20(2)29(19)24-9-7-6-8-10-24)11-13-23-14-12-22-18-25(27(3)4)15-16-26(22)28(23)5;24-20-16(14-7-3-1-5-12(14)9-18(20)22(26)27)11-17-15-8-4-2-6-13(15)10-19(21(17)25)23(28)29;2-1(3)7(4,5)6;;;/h6-18H,1-5H3;1-10,24-25H,11H2,(H,26,27)(H,28,29);(H,2,3)(H2,4,5,6);;;/q+1;;;3*+1/p-4. The molecule has 0 unspecified atom stereocenters. The van der Waals surface area contributed by atoms with Crippen LogP contribution in [-0.4, -0.2) is 51.6 Å². The molecule has 332 valence electrons. The fraction of sp³-hybridized carbons (Fsp3) is 0.120. The summed E-state index contributed by atoms with van der Waals surface area (Å²) in [6.07, 6.45) is 4.32. The van der Waals surface area contributed by atoms with E-state index in [-0.39, 0.29) is 117 Å². The molecule has 0 fully saturated rings. The van der Waals surface area contributed by atoms with Gasteiger partial charge in [0.1, 0.15) is 18.4 Å². The summed E-state index contributed by atoms with van der Waals surface area (Å²) >= 11 is 0. The molecule has 3 N–H and O–H groups in total. The summed E-state index contributed by atoms with van der Waals surface area (Å²) in [5.74, 6) is -3.71. The van der Waals surface area contributed by atoms with Crippen molar-refractivity contribution in [3.8, 4) is 17.2 Å². The number of carbonyl (C=O) groups is 3. The maximum atomic E-state index is 12.9. The second kappa shape index (κ2) is 24.7. The number of aromatic hydroxyl groups is 1. The van der Waals surface area contributed by atoms with Gasteiger partial charge in [-0.05, 0) is 109 Å². The van der Waals surface area contributed by atoms with Gasteiger partial charge >= 0.3 is 101 Å². The van der Waals surface area contributed by atoms with Crippen LogP contribution >= 0.6 is 7.60 Å². The minimum absolute atomic E-state index is 0. The van der Waals surface area contributed by atoms with Crippen molar-refractivity contribution in [3.63, 3.8) is 0 Å². The number of benzene rings is 6. The second-order valence-corrected chi connectivity index (χ2v) is 16.6. The number of carbonyl (C=O) groups excluding carboxylic acids is 1. The van der Waals surface area contributed by atoms with Crippen LogP contribution in [0.5, 0.6) is 11.5 Å². The van der Waals surface area contributed by atoms with Crippen molar-refractivity contribution in [3.05, 3.63) is 172 Å². The number of pyridine rings is 1. The normalized spacial score (nSPS) is 10.8. The van der Waals surface area contributed by atoms with Gasteiger partial charge in [0.05, 0.1) is 11.3 Å². The molecular weight excluding hydrogens is 919 g/mol. The predicted octanol–water partition coefficient (Wildman–Crippen LogP) is -2.68. The van der Waals surface area contributed by atoms with Crippen molar-refractivity contribution in [2.75, 3.05) is 19.0 Å². The third-order valence-corrected chi connectivity index (χ3v) is 11.3. The van der Waals surface area contributed by atoms with E-state index in [0.717, 1.165) is 0 Å². The molecule has 6 aromatic carbocycles. The number of anilines is 1. The Hall–Kier alpha value is -4.77. The number of nitrogens with zero attached hydrogens (tertiary/aromatic N) is 3. The Morgan fingerprint density at radius 2 is 1.24 bits per heavy atom. The zero-order valence-electron chi connectivity index (χ0n) is 38.9. The Kier molecular flexibility index (Phi) is 20.9. The molecule has 2 aromatic heterocycles. The van der Waals surface area contributed by atoms with Crippen LogP contribution in [0.1, 0.15) is 54.5 Å². The molecule has 0 aliphatic heterocycles. The minimum Gasteiger partial charge on any atom is -0.872 e. The zero-order chi connectivity index (χ0) is 47.3. The number of carboxylic acid groups (broad SMARTS) is 3. The summed E-state index contributed by atoms with van der Waals surface area (Å²) in [4.78, 5) is 52.6. The maximum Gasteiger partial charge on any atom is 1.00 e. The molecule has 2 heterocycles. The topological polar surface area (TPSA) is 233 Å². The quantitative estimate of drug-likeness (QED) is 0.0764. The SMILES string of the molecule is Cc1cc(C=Cc2ccc3cc(N(C)C)ccc3[n+]2C)c(C)n1-c1ccccc1.O=C(O)c1cc2ccccc2c(Cc2c(O)c(C(=O)O)cc3ccccc23)c1[O-].O=C([O-])P(=O)([O-])[O-].[Na+].[Na+].[Na+]. The molecule has 14 nitrogen and oxygen atoms in total. The van der Waals surface area contributed by atoms with Gasteiger partial charge < -0.3 is 54.1 Å². The number of rotatable bonds is 9. The first kappa shape index (κ1) is 57.5. The van der Waals surface area contributed by atoms with E-state index >= 15 is 0 Å². The molecular formula is C50H43N3Na3O11P. The van der Waals surface area contributed by atoms with Crippen molar-refractivity contribution in [2.24, 2.45) is 7.05 Å². The molecule has 8 aromatic rings. The molecule has 0 atom stereocenters. The van der Waals surface area contributed by atoms with Crippen LogP contribution in [0.25, 0.3) is 50.3 Å². The van der Waals surface area contributed by atoms with Crippen LogP contribution in [0.15, 0.2) is 127 Å². The van der Waals surface area contributed by atoms with E-state index in [1.165, 1.54) is 57.1 Å². The number of carboxylic acids is 2. The third-order valence-electron chi connectivity index (χ3n) is 10.9. The number of aromatic carboxylic acids is 2. The van der Waals surface area contributed by atoms with Gasteiger partial charge in [0.2, 0.25) is 11.2 Å². The Morgan fingerprint density at radius 1 is 0.706 bits per heavy atom. The van der Waals surface area contributed by atoms with E-state index in [4.69, 9.17) is 24.3 Å². The maximum absolute atomic E-state index is 12.9. The molecule has 0 aliphatic rings. The summed E-state index contributed by atoms with van der Waals surface area (Å²) in [5.41, 5.74) is 5.84. The van der Waals surface area contributed by atoms with Gasteiger partial charge in [0.15, 0.2) is 0 Å². The van der Waals surface area contributed by atoms with Gasteiger partial charge in [-0.1, -0.05) is 72.5 Å². The van der Waals surface area contributed by atoms with Crippen molar-refractivity contribution in [1.82, 2.24) is 4.57 Å². The molecule has 0 aliphatic carbocycles. The third kappa shape index (κ3) is 13.1. The van der Waals surface area contributed by atoms with Crippen LogP contribution in [0.4, 0.5) is 10.5 Å². The molecule has 0 spiro atoms. The zero-order valence-corrected chi connectivity index (χ0v) is 45.8. The number of aryl methyl sites for hydroxylation is 2. The number of hydrogen-bond donors (Lipinski definition) is 3. The largest absolute Gasteiger partial charge is 1.00 e. The van der Waals surface area contributed by atoms with Crippen molar-refractivity contribution < 1.29 is 148 Å². The van der Waals surface area contributed by atoms with Gasteiger partial charge in [0.25, 0.3) is 0 Å². The summed E-state index contributed by atoms with van der Waals surface area (Å²) in [7, 11) is 0.845. The van der Waals surface area contributed by atoms with E-state index < -0.39 is 36.7 Å². The molecule has 0 bridgehead atoms. The van der Waals surface area contributed by atoms with Gasteiger partial charge in [-0.2, -0.15) is 4.57 Å². The molecule has 0 radical (unpaired) electrons. The molecule has 68 heavy (non-hydrogen) atoms. The fourth-order valence-corrected chi connectivity index (χ4v) is 7.63. The minimum atomic E-state index is -5.43. The van der Waals surface area contributed by atoms with Crippen LogP contribution in [-0.2, 0) is 18.0 Å². The molecule has 0 amide bonds. The summed E-state index contributed by atoms with van der Waals surface area (Å²) < 4.78 is 13.7. The van der Waals surface area contributed by atoms with E-state index in [1.54, 1.807) is 48.5 Å². The Balaban J connectivity index is 0.000000304. The molecule has 8 rings (SSSR count). The van der Waals surface area contributed by atoms with Gasteiger partial charge in [-0.25, -0.2) is 9.59 Å². The summed E-state index contributed by atoms with van der Waals surface area (Å²) in [6, 6.07) is 40.3. The fourth-order valence-electron chi connectivity index (χ4n) is 7.63. The number of hydrogen-bond acceptors (Lipinski definition) is 10. The average molecular weight is 962 g/mol. The van der Waals surface area contributed by atoms with Crippen LogP contribution in [0.2, 0.25) is 0 Å². The monoisotopic (exact) mass is 961 g/mol. The number of fused-ring (bicyclic) bond motifs is 3. The van der Waals surface area contributed by atoms with E-state index in [0.29, 0.717) is 21.5 Å². The molecule has 0 saturated carbocycles. The smallest absolute Gasteiger partial charge is 0.872 e. The van der Waals surface area contributed by atoms with Crippen molar-refractivity contribution in [1.29, 1.82) is 0 Å². The first-order valence-electron chi connectivity index (χ1n) is 20.0. The summed E-state index contributed by atoms with van der Waals surface area (Å²) in [6.45, 7) is 4.35. The van der Waals surface area contributed by atoms with Gasteiger partial charge in [-0.3, -0.25) is 0 Å². The first-order valence-corrected chi connectivity index (χ1v) is 21.5. The molecule has 0 saturated heterocycles. The van der Waals surface area contributed by atoms with E-state index in [1.807, 2.05) is 0 Å². The predicted molar refractivity (Wildman–Crippen MR) is 242 cm³/mol. The van der Waals surface area contributed by atoms with Crippen LogP contribution in [0.3, 0.4) is 0 Å². The van der Waals surface area contributed by atoms with E-state index in [2.05, 4.69) is 128 Å². The number of aromatic nitrogens is 2. The Bertz CT molecular complexity index is 3130. The first-order chi connectivity index (χ1) is 30.8. The molecule has 18 heteroatoms. The Morgan fingerprint density at radius 3 is 1.78 bits per heavy atom. The number of phenols is 1. The van der Waals surface area contributed by atoms with Crippen molar-refractivity contribution >= 4 is 75.5 Å². The van der Waals surface area contributed by atoms with Crippen LogP contribution < -0.4 is 118 Å². The Labute approximate surface area is 458 Å². The average Bonchev–Trinajstić information content (AvgIpc) is 3.56. The van der Waals surface area contributed by atoms with Gasteiger partial charge in [-0.15, -0.1) is 0 Å². The van der Waals surface area contributed by atoms with Crippen molar-refractivity contribution in [2.45, 2.75) is 20.3 Å². The summed E-state index contributed by atoms with van der Waals surface area (Å²) in [5, 5.41) is 55.1. The number of para-hydroxylation sites is 1. The van der Waals surface area contributed by atoms with Gasteiger partial charge in [0, 0.05) is 72.4 Å². The van der Waals surface area contributed by atoms with E-state index in [9.17, 15) is 30.0 Å². The van der Waals surface area contributed by atoms with Crippen LogP contribution in [0, 0.1) is 13.8 Å². The second-order valence-electron chi connectivity index (χ2n) is 15.3.